The SMILES string of the molecule is CC(C)[Si](OC1=CC=CCC1)(C(C)C)C(C)C. The first-order chi connectivity index (χ1) is 7.91. The van der Waals surface area contributed by atoms with E-state index < -0.39 is 8.32 Å². The van der Waals surface area contributed by atoms with Crippen LogP contribution in [0, 0.1) is 0 Å². The number of rotatable bonds is 5. The van der Waals surface area contributed by atoms with Crippen LogP contribution in [0.1, 0.15) is 54.4 Å². The van der Waals surface area contributed by atoms with Gasteiger partial charge in [-0.25, -0.2) is 0 Å². The third kappa shape index (κ3) is 3.04. The molecule has 0 bridgehead atoms. The molecule has 0 saturated carbocycles. The lowest BCUT2D eigenvalue weighted by atomic mass is 10.2. The molecule has 0 fully saturated rings. The van der Waals surface area contributed by atoms with E-state index in [1.165, 1.54) is 5.76 Å². The maximum atomic E-state index is 6.61. The fourth-order valence-electron chi connectivity index (χ4n) is 3.25. The molecule has 0 spiro atoms. The minimum atomic E-state index is -1.72. The molecule has 0 atom stereocenters. The molecule has 0 saturated heterocycles. The maximum Gasteiger partial charge on any atom is 0.258 e. The molecule has 1 aliphatic rings. The van der Waals surface area contributed by atoms with Gasteiger partial charge in [0.25, 0.3) is 8.32 Å². The summed E-state index contributed by atoms with van der Waals surface area (Å²) in [4.78, 5) is 0. The molecule has 0 unspecified atom stereocenters. The van der Waals surface area contributed by atoms with E-state index in [4.69, 9.17) is 4.43 Å². The van der Waals surface area contributed by atoms with Crippen LogP contribution in [0.15, 0.2) is 24.0 Å². The molecule has 17 heavy (non-hydrogen) atoms. The normalized spacial score (nSPS) is 16.9. The van der Waals surface area contributed by atoms with Gasteiger partial charge in [-0.05, 0) is 29.1 Å². The van der Waals surface area contributed by atoms with Crippen molar-refractivity contribution in [3.8, 4) is 0 Å². The largest absolute Gasteiger partial charge is 0.546 e. The van der Waals surface area contributed by atoms with Crippen LogP contribution in [0.5, 0.6) is 0 Å². The van der Waals surface area contributed by atoms with E-state index in [1.807, 2.05) is 0 Å². The molecule has 0 aromatic carbocycles. The molecule has 1 rings (SSSR count). The Labute approximate surface area is 108 Å². The Morgan fingerprint density at radius 3 is 1.88 bits per heavy atom. The molecule has 1 aliphatic carbocycles. The zero-order valence-corrected chi connectivity index (χ0v) is 13.3. The molecular formula is C15H28OSi. The maximum absolute atomic E-state index is 6.61. The van der Waals surface area contributed by atoms with Crippen LogP contribution in [0.2, 0.25) is 16.6 Å². The van der Waals surface area contributed by atoms with E-state index >= 15 is 0 Å². The van der Waals surface area contributed by atoms with Crippen LogP contribution in [0.25, 0.3) is 0 Å². The number of hydrogen-bond donors (Lipinski definition) is 0. The molecule has 0 aromatic heterocycles. The third-order valence-corrected chi connectivity index (χ3v) is 10.0. The van der Waals surface area contributed by atoms with Crippen LogP contribution < -0.4 is 0 Å². The minimum absolute atomic E-state index is 0.661. The fraction of sp³-hybridized carbons (Fsp3) is 0.733. The van der Waals surface area contributed by atoms with Crippen molar-refractivity contribution >= 4 is 8.32 Å². The lowest BCUT2D eigenvalue weighted by Crippen LogP contribution is -2.47. The van der Waals surface area contributed by atoms with Crippen LogP contribution in [-0.2, 0) is 4.43 Å². The van der Waals surface area contributed by atoms with Gasteiger partial charge >= 0.3 is 0 Å². The van der Waals surface area contributed by atoms with Gasteiger partial charge in [-0.15, -0.1) is 0 Å². The van der Waals surface area contributed by atoms with Gasteiger partial charge in [0.15, 0.2) is 0 Å². The lowest BCUT2D eigenvalue weighted by Gasteiger charge is -2.43. The van der Waals surface area contributed by atoms with Crippen molar-refractivity contribution in [1.82, 2.24) is 0 Å². The highest BCUT2D eigenvalue weighted by Crippen LogP contribution is 2.44. The molecule has 0 N–H and O–H groups in total. The van der Waals surface area contributed by atoms with Gasteiger partial charge in [0, 0.05) is 6.42 Å². The zero-order chi connectivity index (χ0) is 13.1. The average Bonchev–Trinajstić information content (AvgIpc) is 2.25. The smallest absolute Gasteiger partial charge is 0.258 e. The van der Waals surface area contributed by atoms with Crippen molar-refractivity contribution in [2.45, 2.75) is 71.0 Å². The van der Waals surface area contributed by atoms with Crippen LogP contribution in [0.4, 0.5) is 0 Å². The average molecular weight is 252 g/mol. The van der Waals surface area contributed by atoms with Gasteiger partial charge in [0.2, 0.25) is 0 Å². The van der Waals surface area contributed by atoms with Gasteiger partial charge in [-0.2, -0.15) is 0 Å². The predicted molar refractivity (Wildman–Crippen MR) is 78.6 cm³/mol. The molecule has 0 aromatic rings. The van der Waals surface area contributed by atoms with Crippen LogP contribution >= 0.6 is 0 Å². The first kappa shape index (κ1) is 14.6. The van der Waals surface area contributed by atoms with E-state index in [0.717, 1.165) is 12.8 Å². The van der Waals surface area contributed by atoms with E-state index in [-0.39, 0.29) is 0 Å². The van der Waals surface area contributed by atoms with E-state index in [0.29, 0.717) is 16.6 Å². The molecule has 1 nitrogen and oxygen atoms in total. The Bertz CT molecular complexity index is 278. The topological polar surface area (TPSA) is 9.23 Å². The monoisotopic (exact) mass is 252 g/mol. The molecule has 2 heteroatoms. The standard InChI is InChI=1S/C15H28OSi/c1-12(2)17(13(3)4,14(5)6)16-15-10-8-7-9-11-15/h7-8,10,12-14H,9,11H2,1-6H3. The van der Waals surface area contributed by atoms with E-state index in [9.17, 15) is 0 Å². The summed E-state index contributed by atoms with van der Waals surface area (Å²) in [5, 5.41) is 0. The second-order valence-corrected chi connectivity index (χ2v) is 11.4. The molecule has 98 valence electrons. The van der Waals surface area contributed by atoms with Crippen molar-refractivity contribution in [2.24, 2.45) is 0 Å². The summed E-state index contributed by atoms with van der Waals surface area (Å²) in [6.07, 6.45) is 8.73. The summed E-state index contributed by atoms with van der Waals surface area (Å²) in [7, 11) is -1.72. The van der Waals surface area contributed by atoms with Crippen molar-refractivity contribution in [3.05, 3.63) is 24.0 Å². The number of allylic oxidation sites excluding steroid dienone is 4. The molecule has 0 aliphatic heterocycles. The molecule has 0 heterocycles. The van der Waals surface area contributed by atoms with Gasteiger partial charge in [0.05, 0.1) is 5.76 Å². The quantitative estimate of drug-likeness (QED) is 0.594. The summed E-state index contributed by atoms with van der Waals surface area (Å²) >= 11 is 0. The van der Waals surface area contributed by atoms with Crippen molar-refractivity contribution in [3.63, 3.8) is 0 Å². The highest BCUT2D eigenvalue weighted by Gasteiger charge is 2.47. The Morgan fingerprint density at radius 1 is 1.00 bits per heavy atom. The highest BCUT2D eigenvalue weighted by molar-refractivity contribution is 6.77. The van der Waals surface area contributed by atoms with Gasteiger partial charge in [0.1, 0.15) is 0 Å². The first-order valence-electron chi connectivity index (χ1n) is 6.96. The van der Waals surface area contributed by atoms with Crippen LogP contribution in [0.3, 0.4) is 0 Å². The zero-order valence-electron chi connectivity index (χ0n) is 12.3. The van der Waals surface area contributed by atoms with Gasteiger partial charge in [-0.3, -0.25) is 0 Å². The third-order valence-electron chi connectivity index (χ3n) is 3.99. The van der Waals surface area contributed by atoms with Crippen LogP contribution in [-0.4, -0.2) is 8.32 Å². The highest BCUT2D eigenvalue weighted by atomic mass is 28.4. The van der Waals surface area contributed by atoms with Crippen molar-refractivity contribution in [1.29, 1.82) is 0 Å². The fourth-order valence-corrected chi connectivity index (χ4v) is 8.58. The van der Waals surface area contributed by atoms with E-state index in [1.54, 1.807) is 0 Å². The molecule has 0 radical (unpaired) electrons. The van der Waals surface area contributed by atoms with Crippen molar-refractivity contribution < 1.29 is 4.43 Å². The Morgan fingerprint density at radius 2 is 1.53 bits per heavy atom. The van der Waals surface area contributed by atoms with E-state index in [2.05, 4.69) is 59.8 Å². The second kappa shape index (κ2) is 5.90. The number of hydrogen-bond acceptors (Lipinski definition) is 1. The summed E-state index contributed by atoms with van der Waals surface area (Å²) in [5.41, 5.74) is 1.98. The molecule has 0 amide bonds. The van der Waals surface area contributed by atoms with Crippen molar-refractivity contribution in [2.75, 3.05) is 0 Å². The second-order valence-electron chi connectivity index (χ2n) is 6.02. The summed E-state index contributed by atoms with van der Waals surface area (Å²) < 4.78 is 6.61. The lowest BCUT2D eigenvalue weighted by molar-refractivity contribution is 0.354. The Kier molecular flexibility index (Phi) is 5.05. The summed E-state index contributed by atoms with van der Waals surface area (Å²) in [6, 6.07) is 0. The van der Waals surface area contributed by atoms with Gasteiger partial charge in [-0.1, -0.05) is 53.7 Å². The van der Waals surface area contributed by atoms with Gasteiger partial charge < -0.3 is 4.43 Å². The Balaban J connectivity index is 2.97. The summed E-state index contributed by atoms with van der Waals surface area (Å²) in [5.74, 6) is 1.22. The Hall–Kier alpha value is -0.503. The summed E-state index contributed by atoms with van der Waals surface area (Å²) in [6.45, 7) is 14.0. The predicted octanol–water partition coefficient (Wildman–Crippen LogP) is 5.41. The minimum Gasteiger partial charge on any atom is -0.546 e. The molecular weight excluding hydrogens is 224 g/mol. The first-order valence-corrected chi connectivity index (χ1v) is 9.10.